The van der Waals surface area contributed by atoms with Gasteiger partial charge in [0.25, 0.3) is 0 Å². The molecule has 0 unspecified atom stereocenters. The van der Waals surface area contributed by atoms with Crippen LogP contribution in [-0.4, -0.2) is 78.8 Å². The fourth-order valence-corrected chi connectivity index (χ4v) is 2.94. The number of hydrogen-bond donors (Lipinski definition) is 3. The van der Waals surface area contributed by atoms with Gasteiger partial charge in [0.1, 0.15) is 6.10 Å². The Morgan fingerprint density at radius 3 is 2.79 bits per heavy atom. The molecule has 154 valence electrons. The van der Waals surface area contributed by atoms with Crippen molar-refractivity contribution in [1.82, 2.24) is 20.5 Å². The maximum absolute atomic E-state index is 12.2. The van der Waals surface area contributed by atoms with Crippen molar-refractivity contribution in [3.8, 4) is 0 Å². The van der Waals surface area contributed by atoms with Gasteiger partial charge in [-0.3, -0.25) is 14.6 Å². The van der Waals surface area contributed by atoms with Crippen LogP contribution in [0.25, 0.3) is 0 Å². The summed E-state index contributed by atoms with van der Waals surface area (Å²) >= 11 is 0. The molecule has 2 heterocycles. The highest BCUT2D eigenvalue weighted by Gasteiger charge is 2.28. The van der Waals surface area contributed by atoms with Crippen LogP contribution in [0.5, 0.6) is 0 Å². The van der Waals surface area contributed by atoms with Gasteiger partial charge in [-0.2, -0.15) is 0 Å². The monoisotopic (exact) mass is 390 g/mol. The van der Waals surface area contributed by atoms with Gasteiger partial charge in [0.15, 0.2) is 0 Å². The van der Waals surface area contributed by atoms with E-state index >= 15 is 0 Å². The summed E-state index contributed by atoms with van der Waals surface area (Å²) in [6, 6.07) is 3.17. The summed E-state index contributed by atoms with van der Waals surface area (Å²) in [5.41, 5.74) is 0.810. The van der Waals surface area contributed by atoms with Crippen molar-refractivity contribution in [3.05, 3.63) is 42.2 Å². The zero-order valence-electron chi connectivity index (χ0n) is 16.5. The van der Waals surface area contributed by atoms with E-state index in [1.807, 2.05) is 20.2 Å². The molecule has 28 heavy (non-hydrogen) atoms. The Morgan fingerprint density at radius 2 is 2.11 bits per heavy atom. The molecule has 1 aliphatic heterocycles. The average Bonchev–Trinajstić information content (AvgIpc) is 2.67. The molecular weight excluding hydrogens is 360 g/mol. The summed E-state index contributed by atoms with van der Waals surface area (Å²) in [5.74, 6) is -0.272. The number of aromatic nitrogens is 1. The molecule has 1 aromatic heterocycles. The predicted molar refractivity (Wildman–Crippen MR) is 106 cm³/mol. The topological polar surface area (TPSA) is 104 Å². The maximum Gasteiger partial charge on any atom is 0.225 e. The first-order valence-corrected chi connectivity index (χ1v) is 9.52. The van der Waals surface area contributed by atoms with E-state index in [0.717, 1.165) is 18.5 Å². The Kier molecular flexibility index (Phi) is 9.06. The number of carbonyl (C=O) groups is 2. The summed E-state index contributed by atoms with van der Waals surface area (Å²) in [6.07, 6.45) is 7.11. The molecule has 3 N–H and O–H groups in total. The van der Waals surface area contributed by atoms with Crippen molar-refractivity contribution in [1.29, 1.82) is 0 Å². The van der Waals surface area contributed by atoms with E-state index in [9.17, 15) is 14.7 Å². The highest BCUT2D eigenvalue weighted by atomic mass is 16.5. The van der Waals surface area contributed by atoms with Crippen molar-refractivity contribution < 1.29 is 19.4 Å². The molecule has 0 fully saturated rings. The van der Waals surface area contributed by atoms with Gasteiger partial charge in [-0.1, -0.05) is 18.2 Å². The number of aliphatic hydroxyl groups is 1. The van der Waals surface area contributed by atoms with Crippen LogP contribution in [0.4, 0.5) is 0 Å². The van der Waals surface area contributed by atoms with Crippen LogP contribution >= 0.6 is 0 Å². The highest BCUT2D eigenvalue weighted by Crippen LogP contribution is 2.16. The molecule has 0 saturated heterocycles. The standard InChI is InChI=1S/C20H30N4O4/c1-24(2)10-4-9-22-19(26)12-16-6-7-17(18(14-25)28-16)23-20(27)11-15-5-3-8-21-13-15/h3,5-8,13,16-18,25H,4,9-12,14H2,1-2H3,(H,22,26)(H,23,27)/t16-,17+,18+/m0/s1. The summed E-state index contributed by atoms with van der Waals surface area (Å²) in [7, 11) is 3.98. The van der Waals surface area contributed by atoms with Gasteiger partial charge in [-0.15, -0.1) is 0 Å². The minimum absolute atomic E-state index is 0.0934. The number of ether oxygens (including phenoxy) is 1. The predicted octanol–water partition coefficient (Wildman–Crippen LogP) is -0.117. The Labute approximate surface area is 166 Å². The summed E-state index contributed by atoms with van der Waals surface area (Å²) in [4.78, 5) is 30.3. The normalized spacial score (nSPS) is 21.5. The van der Waals surface area contributed by atoms with E-state index in [4.69, 9.17) is 4.74 Å². The molecule has 1 aromatic rings. The fraction of sp³-hybridized carbons (Fsp3) is 0.550. The van der Waals surface area contributed by atoms with Gasteiger partial charge in [0.2, 0.25) is 11.8 Å². The van der Waals surface area contributed by atoms with Gasteiger partial charge < -0.3 is 25.4 Å². The van der Waals surface area contributed by atoms with Crippen molar-refractivity contribution in [2.75, 3.05) is 33.8 Å². The van der Waals surface area contributed by atoms with Gasteiger partial charge >= 0.3 is 0 Å². The zero-order valence-corrected chi connectivity index (χ0v) is 16.5. The van der Waals surface area contributed by atoms with Crippen LogP contribution in [0.2, 0.25) is 0 Å². The lowest BCUT2D eigenvalue weighted by molar-refractivity contribution is -0.128. The third-order valence-corrected chi connectivity index (χ3v) is 4.37. The SMILES string of the molecule is CN(C)CCCNC(=O)C[C@@H]1C=C[C@@H](NC(=O)Cc2cccnc2)[C@@H](CO)O1. The van der Waals surface area contributed by atoms with Crippen LogP contribution in [0.3, 0.4) is 0 Å². The molecule has 0 saturated carbocycles. The van der Waals surface area contributed by atoms with Crippen molar-refractivity contribution in [2.45, 2.75) is 37.5 Å². The molecular formula is C20H30N4O4. The second-order valence-corrected chi connectivity index (χ2v) is 7.12. The molecule has 0 aliphatic carbocycles. The second-order valence-electron chi connectivity index (χ2n) is 7.12. The third-order valence-electron chi connectivity index (χ3n) is 4.37. The lowest BCUT2D eigenvalue weighted by Gasteiger charge is -2.31. The molecule has 0 radical (unpaired) electrons. The molecule has 0 spiro atoms. The first-order valence-electron chi connectivity index (χ1n) is 9.52. The Balaban J connectivity index is 1.79. The number of nitrogens with one attached hydrogen (secondary N) is 2. The van der Waals surface area contributed by atoms with E-state index in [-0.39, 0.29) is 31.3 Å². The minimum Gasteiger partial charge on any atom is -0.394 e. The maximum atomic E-state index is 12.2. The van der Waals surface area contributed by atoms with E-state index < -0.39 is 18.2 Å². The number of hydrogen-bond acceptors (Lipinski definition) is 6. The first kappa shape index (κ1) is 22.0. The average molecular weight is 390 g/mol. The van der Waals surface area contributed by atoms with Gasteiger partial charge in [0, 0.05) is 18.9 Å². The van der Waals surface area contributed by atoms with Gasteiger partial charge in [0.05, 0.1) is 31.6 Å². The lowest BCUT2D eigenvalue weighted by Crippen LogP contribution is -2.49. The molecule has 8 nitrogen and oxygen atoms in total. The Hall–Kier alpha value is -2.29. The van der Waals surface area contributed by atoms with E-state index in [1.165, 1.54) is 0 Å². The van der Waals surface area contributed by atoms with Crippen molar-refractivity contribution in [3.63, 3.8) is 0 Å². The molecule has 8 heteroatoms. The third kappa shape index (κ3) is 7.75. The molecule has 2 amide bonds. The van der Waals surface area contributed by atoms with E-state index in [2.05, 4.69) is 20.5 Å². The second kappa shape index (κ2) is 11.5. The number of carbonyl (C=O) groups excluding carboxylic acids is 2. The largest absolute Gasteiger partial charge is 0.394 e. The van der Waals surface area contributed by atoms with Crippen molar-refractivity contribution in [2.24, 2.45) is 0 Å². The highest BCUT2D eigenvalue weighted by molar-refractivity contribution is 5.79. The Morgan fingerprint density at radius 1 is 1.29 bits per heavy atom. The first-order chi connectivity index (χ1) is 13.5. The zero-order chi connectivity index (χ0) is 20.4. The smallest absolute Gasteiger partial charge is 0.225 e. The summed E-state index contributed by atoms with van der Waals surface area (Å²) in [6.45, 7) is 1.28. The van der Waals surface area contributed by atoms with E-state index in [0.29, 0.717) is 6.54 Å². The van der Waals surface area contributed by atoms with Crippen LogP contribution in [-0.2, 0) is 20.7 Å². The molecule has 0 bridgehead atoms. The number of pyridine rings is 1. The lowest BCUT2D eigenvalue weighted by atomic mass is 10.0. The van der Waals surface area contributed by atoms with Crippen LogP contribution in [0, 0.1) is 0 Å². The van der Waals surface area contributed by atoms with Gasteiger partial charge in [-0.25, -0.2) is 0 Å². The summed E-state index contributed by atoms with van der Waals surface area (Å²) in [5, 5.41) is 15.3. The molecule has 1 aliphatic rings. The van der Waals surface area contributed by atoms with Crippen LogP contribution < -0.4 is 10.6 Å². The number of amides is 2. The van der Waals surface area contributed by atoms with Crippen molar-refractivity contribution >= 4 is 11.8 Å². The Bertz CT molecular complexity index is 651. The minimum atomic E-state index is -0.589. The molecule has 2 rings (SSSR count). The molecule has 0 aromatic carbocycles. The van der Waals surface area contributed by atoms with Gasteiger partial charge in [-0.05, 0) is 38.7 Å². The van der Waals surface area contributed by atoms with Crippen LogP contribution in [0.1, 0.15) is 18.4 Å². The number of nitrogens with zero attached hydrogens (tertiary/aromatic N) is 2. The summed E-state index contributed by atoms with van der Waals surface area (Å²) < 4.78 is 5.78. The molecule has 3 atom stereocenters. The fourth-order valence-electron chi connectivity index (χ4n) is 2.94. The van der Waals surface area contributed by atoms with Crippen LogP contribution in [0.15, 0.2) is 36.7 Å². The van der Waals surface area contributed by atoms with E-state index in [1.54, 1.807) is 30.6 Å². The quantitative estimate of drug-likeness (QED) is 0.380. The number of aliphatic hydroxyl groups excluding tert-OH is 1. The number of rotatable bonds is 10.